The largest absolute Gasteiger partial charge is 0.324 e. The summed E-state index contributed by atoms with van der Waals surface area (Å²) in [7, 11) is 0. The highest BCUT2D eigenvalue weighted by molar-refractivity contribution is 7.13. The van der Waals surface area contributed by atoms with Gasteiger partial charge in [0.05, 0.1) is 4.88 Å². The molecule has 2 aromatic heterocycles. The molecule has 0 atom stereocenters. The highest BCUT2D eigenvalue weighted by atomic mass is 35.5. The van der Waals surface area contributed by atoms with Crippen molar-refractivity contribution in [1.29, 1.82) is 0 Å². The van der Waals surface area contributed by atoms with Gasteiger partial charge >= 0.3 is 0 Å². The first-order chi connectivity index (χ1) is 11.9. The third kappa shape index (κ3) is 3.65. The summed E-state index contributed by atoms with van der Waals surface area (Å²) in [6, 6.07) is 13.8. The Balaban J connectivity index is 1.94. The van der Waals surface area contributed by atoms with Crippen molar-refractivity contribution in [2.24, 2.45) is 0 Å². The molecule has 1 aromatic carbocycles. The molecule has 5 nitrogen and oxygen atoms in total. The number of amides is 1. The third-order valence-electron chi connectivity index (χ3n) is 3.74. The number of hydrogen-bond donors (Lipinski definition) is 1. The summed E-state index contributed by atoms with van der Waals surface area (Å²) in [5.74, 6) is -0.354. The lowest BCUT2D eigenvalue weighted by molar-refractivity contribution is -0.123. The van der Waals surface area contributed by atoms with Crippen molar-refractivity contribution in [1.82, 2.24) is 9.78 Å². The molecule has 1 amide bonds. The van der Waals surface area contributed by atoms with Crippen molar-refractivity contribution >= 4 is 34.5 Å². The Morgan fingerprint density at radius 3 is 2.68 bits per heavy atom. The van der Waals surface area contributed by atoms with Crippen LogP contribution >= 0.6 is 22.9 Å². The van der Waals surface area contributed by atoms with Gasteiger partial charge in [0.1, 0.15) is 11.2 Å². The Labute approximate surface area is 153 Å². The molecular formula is C18H16ClN3O2S. The van der Waals surface area contributed by atoms with E-state index < -0.39 is 5.54 Å². The molecule has 0 spiro atoms. The van der Waals surface area contributed by atoms with Crippen LogP contribution in [-0.2, 0) is 10.3 Å². The normalized spacial score (nSPS) is 11.3. The molecule has 3 rings (SSSR count). The average Bonchev–Trinajstić information content (AvgIpc) is 3.09. The van der Waals surface area contributed by atoms with Gasteiger partial charge in [-0.3, -0.25) is 9.59 Å². The van der Waals surface area contributed by atoms with Crippen molar-refractivity contribution in [3.63, 3.8) is 0 Å². The van der Waals surface area contributed by atoms with Gasteiger partial charge in [-0.05, 0) is 49.6 Å². The highest BCUT2D eigenvalue weighted by Crippen LogP contribution is 2.23. The average molecular weight is 374 g/mol. The number of halogens is 1. The first-order valence-corrected chi connectivity index (χ1v) is 8.85. The van der Waals surface area contributed by atoms with Gasteiger partial charge in [0, 0.05) is 16.8 Å². The Kier molecular flexibility index (Phi) is 4.74. The summed E-state index contributed by atoms with van der Waals surface area (Å²) in [6.07, 6.45) is 0. The lowest BCUT2D eigenvalue weighted by Gasteiger charge is -2.25. The molecule has 128 valence electrons. The van der Waals surface area contributed by atoms with E-state index in [2.05, 4.69) is 10.4 Å². The SMILES string of the molecule is CC(C)(C(=O)Nc1cccc(Cl)c1)n1nc(-c2cccs2)ccc1=O. The van der Waals surface area contributed by atoms with Gasteiger partial charge in [0.15, 0.2) is 0 Å². The number of nitrogens with zero attached hydrogens (tertiary/aromatic N) is 2. The van der Waals surface area contributed by atoms with Crippen LogP contribution in [0, 0.1) is 0 Å². The molecule has 0 saturated heterocycles. The van der Waals surface area contributed by atoms with Crippen LogP contribution in [0.15, 0.2) is 58.7 Å². The summed E-state index contributed by atoms with van der Waals surface area (Å²) in [5, 5.41) is 9.63. The molecule has 2 heterocycles. The van der Waals surface area contributed by atoms with E-state index in [1.807, 2.05) is 17.5 Å². The van der Waals surface area contributed by atoms with E-state index in [0.29, 0.717) is 16.4 Å². The Morgan fingerprint density at radius 2 is 2.00 bits per heavy atom. The lowest BCUT2D eigenvalue weighted by Crippen LogP contribution is -2.47. The number of hydrogen-bond acceptors (Lipinski definition) is 4. The molecular weight excluding hydrogens is 358 g/mol. The van der Waals surface area contributed by atoms with Crippen LogP contribution in [0.4, 0.5) is 5.69 Å². The Bertz CT molecular complexity index is 964. The molecule has 1 N–H and O–H groups in total. The van der Waals surface area contributed by atoms with E-state index in [1.165, 1.54) is 22.1 Å². The zero-order valence-corrected chi connectivity index (χ0v) is 15.3. The van der Waals surface area contributed by atoms with E-state index in [-0.39, 0.29) is 11.5 Å². The van der Waals surface area contributed by atoms with Crippen LogP contribution in [0.5, 0.6) is 0 Å². The second-order valence-electron chi connectivity index (χ2n) is 5.97. The maximum Gasteiger partial charge on any atom is 0.267 e. The van der Waals surface area contributed by atoms with E-state index >= 15 is 0 Å². The second-order valence-corrected chi connectivity index (χ2v) is 7.35. The van der Waals surface area contributed by atoms with E-state index in [9.17, 15) is 9.59 Å². The first kappa shape index (κ1) is 17.4. The molecule has 0 bridgehead atoms. The summed E-state index contributed by atoms with van der Waals surface area (Å²) < 4.78 is 1.21. The van der Waals surface area contributed by atoms with Crippen LogP contribution in [0.2, 0.25) is 5.02 Å². The predicted octanol–water partition coefficient (Wildman–Crippen LogP) is 4.00. The molecule has 0 fully saturated rings. The highest BCUT2D eigenvalue weighted by Gasteiger charge is 2.32. The molecule has 0 aliphatic rings. The Morgan fingerprint density at radius 1 is 1.20 bits per heavy atom. The van der Waals surface area contributed by atoms with Crippen LogP contribution in [0.25, 0.3) is 10.6 Å². The quantitative estimate of drug-likeness (QED) is 0.751. The lowest BCUT2D eigenvalue weighted by atomic mass is 10.0. The molecule has 3 aromatic rings. The van der Waals surface area contributed by atoms with E-state index in [1.54, 1.807) is 44.2 Å². The number of nitrogens with one attached hydrogen (secondary N) is 1. The zero-order chi connectivity index (χ0) is 18.0. The van der Waals surface area contributed by atoms with E-state index in [4.69, 9.17) is 11.6 Å². The Hall–Kier alpha value is -2.44. The predicted molar refractivity (Wildman–Crippen MR) is 101 cm³/mol. The van der Waals surface area contributed by atoms with Crippen molar-refractivity contribution < 1.29 is 4.79 Å². The number of anilines is 1. The maximum absolute atomic E-state index is 12.7. The van der Waals surface area contributed by atoms with Gasteiger partial charge < -0.3 is 5.32 Å². The van der Waals surface area contributed by atoms with Crippen LogP contribution in [-0.4, -0.2) is 15.7 Å². The van der Waals surface area contributed by atoms with Gasteiger partial charge in [-0.25, -0.2) is 4.68 Å². The monoisotopic (exact) mass is 373 g/mol. The number of benzene rings is 1. The van der Waals surface area contributed by atoms with E-state index in [0.717, 1.165) is 4.88 Å². The van der Waals surface area contributed by atoms with Crippen LogP contribution in [0.1, 0.15) is 13.8 Å². The maximum atomic E-state index is 12.7. The first-order valence-electron chi connectivity index (χ1n) is 7.60. The van der Waals surface area contributed by atoms with Crippen molar-refractivity contribution in [2.45, 2.75) is 19.4 Å². The number of aromatic nitrogens is 2. The summed E-state index contributed by atoms with van der Waals surface area (Å²) in [4.78, 5) is 26.0. The fraction of sp³-hybridized carbons (Fsp3) is 0.167. The minimum Gasteiger partial charge on any atom is -0.324 e. The smallest absolute Gasteiger partial charge is 0.267 e. The number of carbonyl (C=O) groups is 1. The number of rotatable bonds is 4. The molecule has 7 heteroatoms. The van der Waals surface area contributed by atoms with Gasteiger partial charge in [-0.1, -0.05) is 23.7 Å². The van der Waals surface area contributed by atoms with Crippen molar-refractivity contribution in [3.05, 3.63) is 69.3 Å². The standard InChI is InChI=1S/C18H16ClN3O2S/c1-18(2,17(24)20-13-6-3-5-12(19)11-13)22-16(23)9-8-14(21-22)15-7-4-10-25-15/h3-11H,1-2H3,(H,20,24). The number of thiophene rings is 1. The topological polar surface area (TPSA) is 64.0 Å². The van der Waals surface area contributed by atoms with Crippen molar-refractivity contribution in [2.75, 3.05) is 5.32 Å². The summed E-state index contributed by atoms with van der Waals surface area (Å²) in [6.45, 7) is 3.30. The van der Waals surface area contributed by atoms with Crippen LogP contribution in [0.3, 0.4) is 0 Å². The second kappa shape index (κ2) is 6.82. The molecule has 0 unspecified atom stereocenters. The van der Waals surface area contributed by atoms with Crippen LogP contribution < -0.4 is 10.9 Å². The van der Waals surface area contributed by atoms with Gasteiger partial charge in [-0.2, -0.15) is 5.10 Å². The zero-order valence-electron chi connectivity index (χ0n) is 13.7. The minimum absolute atomic E-state index is 0.341. The third-order valence-corrected chi connectivity index (χ3v) is 4.87. The number of carbonyl (C=O) groups excluding carboxylic acids is 1. The molecule has 25 heavy (non-hydrogen) atoms. The van der Waals surface area contributed by atoms with Gasteiger partial charge in [0.25, 0.3) is 11.5 Å². The minimum atomic E-state index is -1.17. The van der Waals surface area contributed by atoms with Crippen molar-refractivity contribution in [3.8, 4) is 10.6 Å². The fourth-order valence-corrected chi connectivity index (χ4v) is 3.19. The molecule has 0 aliphatic carbocycles. The molecule has 0 radical (unpaired) electrons. The molecule has 0 saturated carbocycles. The van der Waals surface area contributed by atoms with Gasteiger partial charge in [-0.15, -0.1) is 11.3 Å². The fourth-order valence-electron chi connectivity index (χ4n) is 2.31. The summed E-state index contributed by atoms with van der Waals surface area (Å²) >= 11 is 7.47. The summed E-state index contributed by atoms with van der Waals surface area (Å²) in [5.41, 5.74) is -0.301. The molecule has 0 aliphatic heterocycles. The van der Waals surface area contributed by atoms with Gasteiger partial charge in [0.2, 0.25) is 0 Å².